The van der Waals surface area contributed by atoms with Gasteiger partial charge in [-0.05, 0) is 6.42 Å². The molecule has 1 N–H and O–H groups in total. The fourth-order valence-electron chi connectivity index (χ4n) is 1.82. The Morgan fingerprint density at radius 1 is 1.64 bits per heavy atom. The van der Waals surface area contributed by atoms with Gasteiger partial charge in [0.15, 0.2) is 0 Å². The highest BCUT2D eigenvalue weighted by Crippen LogP contribution is 2.26. The zero-order valence-electron chi connectivity index (χ0n) is 8.58. The van der Waals surface area contributed by atoms with Gasteiger partial charge >= 0.3 is 14.1 Å². The third-order valence-electron chi connectivity index (χ3n) is 2.42. The van der Waals surface area contributed by atoms with Crippen LogP contribution in [-0.4, -0.2) is 44.8 Å². The second kappa shape index (κ2) is 4.66. The number of ether oxygens (including phenoxy) is 1. The molecule has 0 atom stereocenters. The van der Waals surface area contributed by atoms with E-state index in [0.717, 1.165) is 12.8 Å². The van der Waals surface area contributed by atoms with Crippen molar-refractivity contribution in [1.29, 1.82) is 0 Å². The fourth-order valence-corrected chi connectivity index (χ4v) is 1.82. The second-order valence-electron chi connectivity index (χ2n) is 3.58. The summed E-state index contributed by atoms with van der Waals surface area (Å²) in [4.78, 5) is 12.7. The van der Waals surface area contributed by atoms with Crippen LogP contribution in [0.4, 0.5) is 4.79 Å². The number of amides is 1. The lowest BCUT2D eigenvalue weighted by atomic mass is 9.86. The first-order chi connectivity index (χ1) is 6.67. The highest BCUT2D eigenvalue weighted by Gasteiger charge is 2.45. The SMILES string of the molecule is [B]ONC1(CCC)CN(C(=O)OC)C1. The Kier molecular flexibility index (Phi) is 3.77. The molecule has 14 heavy (non-hydrogen) atoms. The zero-order valence-corrected chi connectivity index (χ0v) is 8.58. The molecule has 2 radical (unpaired) electrons. The van der Waals surface area contributed by atoms with Crippen LogP contribution in [0.2, 0.25) is 0 Å². The number of likely N-dealkylation sites (tertiary alicyclic amines) is 1. The first-order valence-electron chi connectivity index (χ1n) is 4.63. The van der Waals surface area contributed by atoms with Gasteiger partial charge in [-0.2, -0.15) is 0 Å². The van der Waals surface area contributed by atoms with Crippen LogP contribution in [-0.2, 0) is 9.49 Å². The molecular formula is C8H15BN2O3. The van der Waals surface area contributed by atoms with Crippen molar-refractivity contribution in [2.45, 2.75) is 25.3 Å². The van der Waals surface area contributed by atoms with Gasteiger partial charge in [0.2, 0.25) is 0 Å². The predicted molar refractivity (Wildman–Crippen MR) is 51.6 cm³/mol. The van der Waals surface area contributed by atoms with Gasteiger partial charge in [-0.1, -0.05) is 13.3 Å². The Labute approximate surface area is 85.1 Å². The van der Waals surface area contributed by atoms with Gasteiger partial charge in [0.05, 0.1) is 12.6 Å². The first-order valence-corrected chi connectivity index (χ1v) is 4.63. The van der Waals surface area contributed by atoms with Gasteiger partial charge in [0, 0.05) is 13.1 Å². The van der Waals surface area contributed by atoms with E-state index in [2.05, 4.69) is 21.9 Å². The van der Waals surface area contributed by atoms with Crippen molar-refractivity contribution < 1.29 is 14.3 Å². The molecule has 0 aromatic rings. The molecule has 1 aliphatic heterocycles. The highest BCUT2D eigenvalue weighted by atomic mass is 16.6. The molecule has 0 saturated carbocycles. The molecule has 1 saturated heterocycles. The van der Waals surface area contributed by atoms with Gasteiger partial charge in [0.1, 0.15) is 0 Å². The Morgan fingerprint density at radius 3 is 2.71 bits per heavy atom. The summed E-state index contributed by atoms with van der Waals surface area (Å²) in [6.45, 7) is 3.22. The average Bonchev–Trinajstić information content (AvgIpc) is 2.12. The van der Waals surface area contributed by atoms with Gasteiger partial charge in [-0.25, -0.2) is 10.3 Å². The van der Waals surface area contributed by atoms with Crippen molar-refractivity contribution in [2.75, 3.05) is 20.2 Å². The molecule has 0 spiro atoms. The minimum absolute atomic E-state index is 0.197. The minimum atomic E-state index is -0.310. The quantitative estimate of drug-likeness (QED) is 0.518. The number of hydroxylamine groups is 1. The van der Waals surface area contributed by atoms with E-state index in [4.69, 9.17) is 8.05 Å². The summed E-state index contributed by atoms with van der Waals surface area (Å²) >= 11 is 0. The van der Waals surface area contributed by atoms with E-state index in [9.17, 15) is 4.79 Å². The lowest BCUT2D eigenvalue weighted by Crippen LogP contribution is -2.70. The lowest BCUT2D eigenvalue weighted by molar-refractivity contribution is -0.0293. The molecule has 1 aliphatic rings. The summed E-state index contributed by atoms with van der Waals surface area (Å²) in [5.74, 6) is 0. The minimum Gasteiger partial charge on any atom is -0.453 e. The van der Waals surface area contributed by atoms with Crippen LogP contribution in [0.25, 0.3) is 0 Å². The van der Waals surface area contributed by atoms with Crippen molar-refractivity contribution in [3.63, 3.8) is 0 Å². The van der Waals surface area contributed by atoms with E-state index < -0.39 is 0 Å². The fraction of sp³-hybridized carbons (Fsp3) is 0.875. The summed E-state index contributed by atoms with van der Waals surface area (Å²) in [6.07, 6.45) is 1.61. The van der Waals surface area contributed by atoms with E-state index in [1.165, 1.54) is 7.11 Å². The van der Waals surface area contributed by atoms with Crippen LogP contribution < -0.4 is 5.48 Å². The number of hydrogen-bond acceptors (Lipinski definition) is 4. The highest BCUT2D eigenvalue weighted by molar-refractivity contribution is 5.97. The molecule has 0 bridgehead atoms. The smallest absolute Gasteiger partial charge is 0.409 e. The zero-order chi connectivity index (χ0) is 10.6. The summed E-state index contributed by atoms with van der Waals surface area (Å²) in [5.41, 5.74) is 2.54. The molecule has 1 fully saturated rings. The summed E-state index contributed by atoms with van der Waals surface area (Å²) in [7, 11) is 6.33. The first kappa shape index (κ1) is 11.3. The van der Waals surface area contributed by atoms with Crippen LogP contribution in [0, 0.1) is 0 Å². The maximum atomic E-state index is 11.1. The Hall–Kier alpha value is -0.745. The van der Waals surface area contributed by atoms with Gasteiger partial charge in [-0.3, -0.25) is 0 Å². The predicted octanol–water partition coefficient (Wildman–Crippen LogP) is 0.212. The lowest BCUT2D eigenvalue weighted by Gasteiger charge is -2.49. The van der Waals surface area contributed by atoms with E-state index >= 15 is 0 Å². The second-order valence-corrected chi connectivity index (χ2v) is 3.58. The van der Waals surface area contributed by atoms with Gasteiger partial charge < -0.3 is 14.4 Å². The Bertz CT molecular complexity index is 199. The van der Waals surface area contributed by atoms with Crippen molar-refractivity contribution in [3.05, 3.63) is 0 Å². The van der Waals surface area contributed by atoms with Gasteiger partial charge in [0.25, 0.3) is 0 Å². The monoisotopic (exact) mass is 198 g/mol. The topological polar surface area (TPSA) is 50.8 Å². The molecule has 0 aromatic heterocycles. The number of methoxy groups -OCH3 is 1. The number of carbonyl (C=O) groups excluding carboxylic acids is 1. The maximum absolute atomic E-state index is 11.1. The van der Waals surface area contributed by atoms with E-state index in [-0.39, 0.29) is 11.6 Å². The third-order valence-corrected chi connectivity index (χ3v) is 2.42. The average molecular weight is 198 g/mol. The molecule has 0 unspecified atom stereocenters. The van der Waals surface area contributed by atoms with Gasteiger partial charge in [-0.15, -0.1) is 0 Å². The maximum Gasteiger partial charge on any atom is 0.409 e. The van der Waals surface area contributed by atoms with Crippen LogP contribution in [0.3, 0.4) is 0 Å². The van der Waals surface area contributed by atoms with Crippen molar-refractivity contribution in [1.82, 2.24) is 10.4 Å². The van der Waals surface area contributed by atoms with Crippen LogP contribution >= 0.6 is 0 Å². The molecule has 1 rings (SSSR count). The van der Waals surface area contributed by atoms with E-state index in [0.29, 0.717) is 13.1 Å². The normalized spacial score (nSPS) is 18.9. The Balaban J connectivity index is 2.42. The van der Waals surface area contributed by atoms with Crippen molar-refractivity contribution in [3.8, 4) is 0 Å². The molecule has 78 valence electrons. The van der Waals surface area contributed by atoms with Crippen LogP contribution in [0.1, 0.15) is 19.8 Å². The molecule has 5 nitrogen and oxygen atoms in total. The number of nitrogens with zero attached hydrogens (tertiary/aromatic N) is 1. The molecule has 1 heterocycles. The summed E-state index contributed by atoms with van der Waals surface area (Å²) in [5, 5.41) is 0. The van der Waals surface area contributed by atoms with E-state index in [1.807, 2.05) is 0 Å². The van der Waals surface area contributed by atoms with Crippen molar-refractivity contribution >= 4 is 14.1 Å². The molecule has 0 aliphatic carbocycles. The standard InChI is InChI=1S/C8H15BN2O3/c1-3-4-8(10-14-9)5-11(6-8)7(12)13-2/h10H,3-6H2,1-2H3. The van der Waals surface area contributed by atoms with E-state index in [1.54, 1.807) is 4.90 Å². The summed E-state index contributed by atoms with van der Waals surface area (Å²) < 4.78 is 9.03. The summed E-state index contributed by atoms with van der Waals surface area (Å²) in [6, 6.07) is 0. The number of rotatable bonds is 4. The Morgan fingerprint density at radius 2 is 2.29 bits per heavy atom. The van der Waals surface area contributed by atoms with Crippen LogP contribution in [0.5, 0.6) is 0 Å². The number of carbonyl (C=O) groups is 1. The molecule has 1 amide bonds. The molecule has 6 heteroatoms. The third kappa shape index (κ3) is 2.19. The molecule has 0 aromatic carbocycles. The largest absolute Gasteiger partial charge is 0.453 e. The number of nitrogens with one attached hydrogen (secondary N) is 1. The number of hydrogen-bond donors (Lipinski definition) is 1. The molecular weight excluding hydrogens is 183 g/mol. The van der Waals surface area contributed by atoms with Crippen molar-refractivity contribution in [2.24, 2.45) is 0 Å². The van der Waals surface area contributed by atoms with Crippen LogP contribution in [0.15, 0.2) is 0 Å².